The van der Waals surface area contributed by atoms with E-state index in [1.807, 2.05) is 31.2 Å². The van der Waals surface area contributed by atoms with Gasteiger partial charge in [0, 0.05) is 25.1 Å². The summed E-state index contributed by atoms with van der Waals surface area (Å²) < 4.78 is 0. The molecular formula is C16H17NO2S. The molecule has 0 radical (unpaired) electrons. The monoisotopic (exact) mass is 287 g/mol. The van der Waals surface area contributed by atoms with Crippen LogP contribution in [-0.4, -0.2) is 28.2 Å². The molecule has 20 heavy (non-hydrogen) atoms. The second-order valence-corrected chi connectivity index (χ2v) is 6.38. The van der Waals surface area contributed by atoms with Gasteiger partial charge in [-0.05, 0) is 18.4 Å². The third-order valence-electron chi connectivity index (χ3n) is 3.79. The van der Waals surface area contributed by atoms with Crippen molar-refractivity contribution in [3.05, 3.63) is 46.7 Å². The Balaban J connectivity index is 1.87. The molecule has 1 aliphatic carbocycles. The minimum atomic E-state index is 0.0208. The molecule has 1 unspecified atom stereocenters. The molecule has 0 amide bonds. The topological polar surface area (TPSA) is 49.7 Å². The first-order valence-electron chi connectivity index (χ1n) is 6.84. The minimum absolute atomic E-state index is 0.0208. The fourth-order valence-electron chi connectivity index (χ4n) is 2.70. The fourth-order valence-corrected chi connectivity index (χ4v) is 3.63. The molecule has 1 heterocycles. The smallest absolute Gasteiger partial charge is 0.169 e. The summed E-state index contributed by atoms with van der Waals surface area (Å²) in [5.74, 6) is 1.21. The van der Waals surface area contributed by atoms with Gasteiger partial charge in [0.1, 0.15) is 10.8 Å². The molecule has 0 saturated carbocycles. The van der Waals surface area contributed by atoms with Crippen LogP contribution in [0.25, 0.3) is 0 Å². The number of ketones is 1. The van der Waals surface area contributed by atoms with Crippen molar-refractivity contribution in [1.29, 1.82) is 0 Å². The van der Waals surface area contributed by atoms with Crippen molar-refractivity contribution in [3.63, 3.8) is 0 Å². The zero-order chi connectivity index (χ0) is 14.1. The number of rotatable bonds is 2. The van der Waals surface area contributed by atoms with Gasteiger partial charge in [0.25, 0.3) is 0 Å². The number of nitrogens with zero attached hydrogens (tertiary/aromatic N) is 1. The van der Waals surface area contributed by atoms with Gasteiger partial charge in [-0.15, -0.1) is 11.8 Å². The van der Waals surface area contributed by atoms with E-state index < -0.39 is 0 Å². The first kappa shape index (κ1) is 13.4. The molecule has 0 fully saturated rings. The summed E-state index contributed by atoms with van der Waals surface area (Å²) >= 11 is 1.57. The van der Waals surface area contributed by atoms with E-state index in [9.17, 15) is 9.90 Å². The van der Waals surface area contributed by atoms with Gasteiger partial charge in [0.15, 0.2) is 5.78 Å². The molecule has 3 nitrogen and oxygen atoms in total. The molecule has 1 aromatic carbocycles. The lowest BCUT2D eigenvalue weighted by molar-refractivity contribution is -0.116. The number of benzene rings is 1. The molecule has 1 aliphatic heterocycles. The van der Waals surface area contributed by atoms with Crippen LogP contribution in [0.5, 0.6) is 0 Å². The van der Waals surface area contributed by atoms with Crippen LogP contribution in [0.15, 0.2) is 40.6 Å². The van der Waals surface area contributed by atoms with Crippen molar-refractivity contribution in [2.24, 2.45) is 4.99 Å². The second kappa shape index (κ2) is 5.44. The van der Waals surface area contributed by atoms with E-state index >= 15 is 0 Å². The van der Waals surface area contributed by atoms with Crippen LogP contribution in [0.3, 0.4) is 0 Å². The van der Waals surface area contributed by atoms with Crippen molar-refractivity contribution in [3.8, 4) is 0 Å². The lowest BCUT2D eigenvalue weighted by atomic mass is 9.82. The number of aliphatic imine (C=N–C) groups is 1. The zero-order valence-corrected chi connectivity index (χ0v) is 12.2. The Bertz CT molecular complexity index is 601. The van der Waals surface area contributed by atoms with E-state index in [1.165, 1.54) is 5.56 Å². The summed E-state index contributed by atoms with van der Waals surface area (Å²) in [6, 6.07) is 8.20. The molecule has 0 aromatic heterocycles. The number of aliphatic hydroxyl groups is 1. The van der Waals surface area contributed by atoms with Gasteiger partial charge in [-0.25, -0.2) is 0 Å². The molecule has 1 aromatic rings. The Hall–Kier alpha value is -1.55. The first-order valence-corrected chi connectivity index (χ1v) is 7.83. The minimum Gasteiger partial charge on any atom is -0.511 e. The number of aryl methyl sites for hydroxylation is 1. The van der Waals surface area contributed by atoms with Crippen molar-refractivity contribution in [1.82, 2.24) is 0 Å². The largest absolute Gasteiger partial charge is 0.511 e. The highest BCUT2D eigenvalue weighted by Crippen LogP contribution is 2.36. The normalized spacial score (nSPS) is 23.1. The average Bonchev–Trinajstić information content (AvgIpc) is 2.92. The predicted octanol–water partition coefficient (Wildman–Crippen LogP) is 3.40. The number of carbonyl (C=O) groups excluding carboxylic acids is 1. The van der Waals surface area contributed by atoms with Crippen LogP contribution in [0.4, 0.5) is 0 Å². The molecule has 2 aliphatic rings. The van der Waals surface area contributed by atoms with Crippen LogP contribution < -0.4 is 0 Å². The summed E-state index contributed by atoms with van der Waals surface area (Å²) in [6.45, 7) is 2.78. The average molecular weight is 287 g/mol. The van der Waals surface area contributed by atoms with E-state index in [-0.39, 0.29) is 17.5 Å². The van der Waals surface area contributed by atoms with Gasteiger partial charge in [0.05, 0.1) is 5.57 Å². The lowest BCUT2D eigenvalue weighted by Crippen LogP contribution is -2.22. The van der Waals surface area contributed by atoms with Crippen LogP contribution in [0.2, 0.25) is 0 Å². The number of carbonyl (C=O) groups is 1. The maximum Gasteiger partial charge on any atom is 0.169 e. The molecule has 0 saturated heterocycles. The molecule has 1 atom stereocenters. The van der Waals surface area contributed by atoms with Crippen LogP contribution in [-0.2, 0) is 4.79 Å². The highest BCUT2D eigenvalue weighted by molar-refractivity contribution is 8.14. The maximum absolute atomic E-state index is 12.3. The van der Waals surface area contributed by atoms with Crippen molar-refractivity contribution < 1.29 is 9.90 Å². The lowest BCUT2D eigenvalue weighted by Gasteiger charge is -2.23. The zero-order valence-electron chi connectivity index (χ0n) is 11.4. The maximum atomic E-state index is 12.3. The molecular weight excluding hydrogens is 270 g/mol. The Morgan fingerprint density at radius 1 is 1.25 bits per heavy atom. The Labute approximate surface area is 122 Å². The number of thioether (sulfide) groups is 1. The highest BCUT2D eigenvalue weighted by Gasteiger charge is 2.32. The number of Topliss-reactive ketones (excluding diaryl/α,β-unsaturated/α-hetero) is 1. The Morgan fingerprint density at radius 2 is 2.00 bits per heavy atom. The van der Waals surface area contributed by atoms with Gasteiger partial charge in [-0.3, -0.25) is 9.79 Å². The van der Waals surface area contributed by atoms with Crippen molar-refractivity contribution in [2.75, 3.05) is 12.3 Å². The van der Waals surface area contributed by atoms with E-state index in [2.05, 4.69) is 4.99 Å². The Kier molecular flexibility index (Phi) is 3.66. The fraction of sp³-hybridized carbons (Fsp3) is 0.375. The van der Waals surface area contributed by atoms with Gasteiger partial charge in [-0.2, -0.15) is 0 Å². The summed E-state index contributed by atoms with van der Waals surface area (Å²) in [6.07, 6.45) is 0.992. The molecule has 0 spiro atoms. The summed E-state index contributed by atoms with van der Waals surface area (Å²) in [4.78, 5) is 16.6. The predicted molar refractivity (Wildman–Crippen MR) is 82.6 cm³/mol. The highest BCUT2D eigenvalue weighted by atomic mass is 32.2. The molecule has 0 bridgehead atoms. The molecule has 104 valence electrons. The standard InChI is InChI=1S/C16H17NO2S/c1-10-2-4-11(5-3-10)12-8-13(18)15(14(19)9-12)16-17-6-7-20-16/h2-5,12,18H,6-9H2,1H3. The van der Waals surface area contributed by atoms with Gasteiger partial charge in [0.2, 0.25) is 0 Å². The summed E-state index contributed by atoms with van der Waals surface area (Å²) in [5.41, 5.74) is 2.79. The van der Waals surface area contributed by atoms with Crippen LogP contribution in [0, 0.1) is 6.92 Å². The molecule has 4 heteroatoms. The number of hydrogen-bond acceptors (Lipinski definition) is 4. The van der Waals surface area contributed by atoms with Crippen molar-refractivity contribution >= 4 is 22.6 Å². The van der Waals surface area contributed by atoms with Crippen LogP contribution >= 0.6 is 11.8 Å². The Morgan fingerprint density at radius 3 is 2.60 bits per heavy atom. The van der Waals surface area contributed by atoms with Gasteiger partial charge < -0.3 is 5.11 Å². The van der Waals surface area contributed by atoms with Gasteiger partial charge in [-0.1, -0.05) is 29.8 Å². The number of aliphatic hydroxyl groups excluding tert-OH is 1. The quantitative estimate of drug-likeness (QED) is 0.907. The third kappa shape index (κ3) is 2.52. The van der Waals surface area contributed by atoms with E-state index in [0.29, 0.717) is 18.4 Å². The second-order valence-electron chi connectivity index (χ2n) is 5.30. The molecule has 3 rings (SSSR count). The van der Waals surface area contributed by atoms with E-state index in [4.69, 9.17) is 0 Å². The number of allylic oxidation sites excluding steroid dienone is 1. The number of hydrogen-bond donors (Lipinski definition) is 1. The van der Waals surface area contributed by atoms with E-state index in [1.54, 1.807) is 11.8 Å². The summed E-state index contributed by atoms with van der Waals surface area (Å²) in [7, 11) is 0. The van der Waals surface area contributed by atoms with Crippen LogP contribution in [0.1, 0.15) is 29.9 Å². The summed E-state index contributed by atoms with van der Waals surface area (Å²) in [5, 5.41) is 11.0. The van der Waals surface area contributed by atoms with Gasteiger partial charge >= 0.3 is 0 Å². The first-order chi connectivity index (χ1) is 9.65. The SMILES string of the molecule is Cc1ccc(C2CC(=O)C(C3=NCCS3)=C(O)C2)cc1. The molecule has 1 N–H and O–H groups in total. The van der Waals surface area contributed by atoms with E-state index in [0.717, 1.165) is 22.9 Å². The van der Waals surface area contributed by atoms with Crippen molar-refractivity contribution in [2.45, 2.75) is 25.7 Å². The third-order valence-corrected chi connectivity index (χ3v) is 4.78.